The van der Waals surface area contributed by atoms with Crippen molar-refractivity contribution in [1.29, 1.82) is 0 Å². The van der Waals surface area contributed by atoms with Crippen LogP contribution in [-0.2, 0) is 0 Å². The van der Waals surface area contributed by atoms with E-state index in [-0.39, 0.29) is 6.03 Å². The highest BCUT2D eigenvalue weighted by molar-refractivity contribution is 5.73. The van der Waals surface area contributed by atoms with E-state index in [1.807, 2.05) is 4.90 Å². The molecule has 20 heavy (non-hydrogen) atoms. The van der Waals surface area contributed by atoms with Gasteiger partial charge in [-0.15, -0.1) is 0 Å². The van der Waals surface area contributed by atoms with Gasteiger partial charge in [-0.2, -0.15) is 0 Å². The molecule has 115 valence electrons. The number of hydrogen-bond donors (Lipinski definition) is 0. The molecule has 3 nitrogen and oxygen atoms in total. The topological polar surface area (TPSA) is 34.4 Å². The number of likely N-dealkylation sites (tertiary alicyclic amines) is 1. The van der Waals surface area contributed by atoms with E-state index in [0.717, 1.165) is 44.8 Å². The van der Waals surface area contributed by atoms with Gasteiger partial charge in [0, 0.05) is 19.6 Å². The first kappa shape index (κ1) is 15.7. The van der Waals surface area contributed by atoms with E-state index in [2.05, 4.69) is 5.32 Å². The van der Waals surface area contributed by atoms with E-state index in [0.29, 0.717) is 0 Å². The molecule has 0 aromatic carbocycles. The Balaban J connectivity index is 1.56. The molecule has 1 radical (unpaired) electrons. The zero-order chi connectivity index (χ0) is 14.0. The van der Waals surface area contributed by atoms with Crippen molar-refractivity contribution >= 4 is 6.03 Å². The monoisotopic (exact) mass is 279 g/mol. The number of urea groups is 1. The molecule has 1 heterocycles. The lowest BCUT2D eigenvalue weighted by atomic mass is 9.95. The van der Waals surface area contributed by atoms with E-state index in [1.165, 1.54) is 57.8 Å². The quantitative estimate of drug-likeness (QED) is 0.557. The first-order valence-corrected chi connectivity index (χ1v) is 8.82. The number of rotatable bonds is 4. The molecule has 2 amide bonds. The summed E-state index contributed by atoms with van der Waals surface area (Å²) < 4.78 is 0. The fraction of sp³-hybridized carbons (Fsp3) is 0.941. The summed E-state index contributed by atoms with van der Waals surface area (Å²) in [5, 5.41) is 4.28. The molecule has 1 aliphatic carbocycles. The van der Waals surface area contributed by atoms with Crippen molar-refractivity contribution < 1.29 is 4.79 Å². The third kappa shape index (κ3) is 5.72. The highest BCUT2D eigenvalue weighted by Crippen LogP contribution is 2.26. The summed E-state index contributed by atoms with van der Waals surface area (Å²) in [6.07, 6.45) is 15.7. The number of nitrogens with zero attached hydrogens (tertiary/aromatic N) is 2. The van der Waals surface area contributed by atoms with Crippen molar-refractivity contribution in [2.45, 2.75) is 77.0 Å². The second-order valence-electron chi connectivity index (χ2n) is 6.57. The Morgan fingerprint density at radius 1 is 0.900 bits per heavy atom. The molecule has 0 bridgehead atoms. The maximum Gasteiger partial charge on any atom is 0.338 e. The van der Waals surface area contributed by atoms with Crippen molar-refractivity contribution in [1.82, 2.24) is 10.2 Å². The van der Waals surface area contributed by atoms with Gasteiger partial charge >= 0.3 is 6.03 Å². The minimum absolute atomic E-state index is 0.0489. The predicted octanol–water partition coefficient (Wildman–Crippen LogP) is 4.34. The van der Waals surface area contributed by atoms with Gasteiger partial charge in [0.15, 0.2) is 0 Å². The number of carbonyl (C=O) groups is 1. The molecule has 0 spiro atoms. The van der Waals surface area contributed by atoms with E-state index >= 15 is 0 Å². The lowest BCUT2D eigenvalue weighted by Crippen LogP contribution is -2.37. The number of hydrogen-bond acceptors (Lipinski definition) is 1. The van der Waals surface area contributed by atoms with Crippen LogP contribution in [0, 0.1) is 5.92 Å². The first-order chi connectivity index (χ1) is 9.86. The van der Waals surface area contributed by atoms with E-state index in [9.17, 15) is 4.79 Å². The van der Waals surface area contributed by atoms with Gasteiger partial charge in [-0.3, -0.25) is 0 Å². The number of amides is 2. The van der Waals surface area contributed by atoms with Crippen LogP contribution in [0.2, 0.25) is 0 Å². The van der Waals surface area contributed by atoms with Gasteiger partial charge in [-0.05, 0) is 31.6 Å². The molecule has 3 heteroatoms. The lowest BCUT2D eigenvalue weighted by Gasteiger charge is -2.19. The average molecular weight is 279 g/mol. The molecule has 1 saturated carbocycles. The van der Waals surface area contributed by atoms with Gasteiger partial charge in [0.25, 0.3) is 0 Å². The maximum absolute atomic E-state index is 12.0. The fourth-order valence-corrected chi connectivity index (χ4v) is 3.57. The van der Waals surface area contributed by atoms with Crippen LogP contribution in [0.25, 0.3) is 0 Å². The minimum atomic E-state index is 0.0489. The molecular weight excluding hydrogens is 248 g/mol. The van der Waals surface area contributed by atoms with Crippen LogP contribution in [0.5, 0.6) is 0 Å². The largest absolute Gasteiger partial charge is 0.338 e. The SMILES string of the molecule is O=C([N]CCCC1CCCCCC1)N1CCCCCC1. The van der Waals surface area contributed by atoms with Crippen molar-refractivity contribution in [3.05, 3.63) is 0 Å². The zero-order valence-corrected chi connectivity index (χ0v) is 13.0. The summed E-state index contributed by atoms with van der Waals surface area (Å²) in [5.74, 6) is 0.904. The normalized spacial score (nSPS) is 22.1. The molecule has 2 fully saturated rings. The van der Waals surface area contributed by atoms with Crippen molar-refractivity contribution in [2.75, 3.05) is 19.6 Å². The molecule has 0 aromatic rings. The van der Waals surface area contributed by atoms with Gasteiger partial charge in [-0.25, -0.2) is 10.1 Å². The summed E-state index contributed by atoms with van der Waals surface area (Å²) in [4.78, 5) is 14.0. The zero-order valence-electron chi connectivity index (χ0n) is 13.0. The molecule has 2 aliphatic rings. The van der Waals surface area contributed by atoms with Crippen molar-refractivity contribution in [2.24, 2.45) is 5.92 Å². The second-order valence-corrected chi connectivity index (χ2v) is 6.57. The van der Waals surface area contributed by atoms with Gasteiger partial charge in [0.1, 0.15) is 0 Å². The Morgan fingerprint density at radius 3 is 2.15 bits per heavy atom. The van der Waals surface area contributed by atoms with Crippen molar-refractivity contribution in [3.8, 4) is 0 Å². The third-order valence-corrected chi connectivity index (χ3v) is 4.87. The van der Waals surface area contributed by atoms with Crippen LogP contribution in [0.15, 0.2) is 0 Å². The minimum Gasteiger partial charge on any atom is -0.323 e. The Morgan fingerprint density at radius 2 is 1.50 bits per heavy atom. The molecule has 1 saturated heterocycles. The van der Waals surface area contributed by atoms with Crippen LogP contribution >= 0.6 is 0 Å². The summed E-state index contributed by atoms with van der Waals surface area (Å²) in [6.45, 7) is 2.59. The first-order valence-electron chi connectivity index (χ1n) is 8.82. The smallest absolute Gasteiger partial charge is 0.323 e. The Labute approximate surface area is 124 Å². The van der Waals surface area contributed by atoms with Crippen LogP contribution in [0.4, 0.5) is 4.79 Å². The molecule has 1 aliphatic heterocycles. The second kappa shape index (κ2) is 9.25. The van der Waals surface area contributed by atoms with Gasteiger partial charge in [-0.1, -0.05) is 51.4 Å². The predicted molar refractivity (Wildman–Crippen MR) is 82.9 cm³/mol. The molecule has 0 aromatic heterocycles. The van der Waals surface area contributed by atoms with Crippen LogP contribution in [-0.4, -0.2) is 30.6 Å². The van der Waals surface area contributed by atoms with Crippen LogP contribution in [0.3, 0.4) is 0 Å². The van der Waals surface area contributed by atoms with Gasteiger partial charge in [0.2, 0.25) is 0 Å². The summed E-state index contributed by atoms with van der Waals surface area (Å²) in [5.41, 5.74) is 0. The Bertz CT molecular complexity index is 264. The number of carbonyl (C=O) groups excluding carboxylic acids is 1. The van der Waals surface area contributed by atoms with E-state index in [4.69, 9.17) is 0 Å². The van der Waals surface area contributed by atoms with E-state index < -0.39 is 0 Å². The summed E-state index contributed by atoms with van der Waals surface area (Å²) in [7, 11) is 0. The lowest BCUT2D eigenvalue weighted by molar-refractivity contribution is 0.198. The maximum atomic E-state index is 12.0. The highest BCUT2D eigenvalue weighted by atomic mass is 16.2. The van der Waals surface area contributed by atoms with Gasteiger partial charge < -0.3 is 4.90 Å². The molecule has 0 atom stereocenters. The average Bonchev–Trinajstić information content (AvgIpc) is 2.88. The summed E-state index contributed by atoms with van der Waals surface area (Å²) in [6, 6.07) is 0.0489. The third-order valence-electron chi connectivity index (χ3n) is 4.87. The summed E-state index contributed by atoms with van der Waals surface area (Å²) >= 11 is 0. The van der Waals surface area contributed by atoms with Gasteiger partial charge in [0.05, 0.1) is 0 Å². The fourth-order valence-electron chi connectivity index (χ4n) is 3.57. The highest BCUT2D eigenvalue weighted by Gasteiger charge is 2.16. The standard InChI is InChI=1S/C17H31N2O/c20-17(19-14-7-3-4-8-15-19)18-13-9-12-16-10-5-1-2-6-11-16/h16H,1-15H2. The van der Waals surface area contributed by atoms with Crippen LogP contribution < -0.4 is 5.32 Å². The molecule has 2 rings (SSSR count). The Kier molecular flexibility index (Phi) is 7.24. The van der Waals surface area contributed by atoms with E-state index in [1.54, 1.807) is 0 Å². The molecular formula is C17H31N2O. The van der Waals surface area contributed by atoms with Crippen molar-refractivity contribution in [3.63, 3.8) is 0 Å². The molecule has 0 N–H and O–H groups in total. The van der Waals surface area contributed by atoms with Crippen LogP contribution in [0.1, 0.15) is 77.0 Å². The molecule has 0 unspecified atom stereocenters. The Hall–Kier alpha value is -0.730.